The standard InChI is InChI=1S/C24H26N4O3/c29-23(25-15-17-10-11-17)18-6-4-12-27(16-18)24(30)21-14-20(22-9-5-13-31-22)26-28(21)19-7-2-1-3-8-19/h1-3,5,7-9,13-14,17-18H,4,6,10-12,15-16H2,(H,25,29). The summed E-state index contributed by atoms with van der Waals surface area (Å²) < 4.78 is 7.16. The lowest BCUT2D eigenvalue weighted by Gasteiger charge is -2.32. The fourth-order valence-electron chi connectivity index (χ4n) is 4.09. The predicted octanol–water partition coefficient (Wildman–Crippen LogP) is 3.51. The summed E-state index contributed by atoms with van der Waals surface area (Å²) in [7, 11) is 0. The van der Waals surface area contributed by atoms with Crippen LogP contribution < -0.4 is 5.32 Å². The van der Waals surface area contributed by atoms with Crippen LogP contribution in [0.15, 0.2) is 59.2 Å². The number of rotatable bonds is 6. The maximum absolute atomic E-state index is 13.5. The van der Waals surface area contributed by atoms with Crippen molar-refractivity contribution in [3.05, 3.63) is 60.5 Å². The molecule has 5 rings (SSSR count). The van der Waals surface area contributed by atoms with E-state index in [-0.39, 0.29) is 17.7 Å². The number of para-hydroxylation sites is 1. The molecule has 7 nitrogen and oxygen atoms in total. The number of nitrogens with zero attached hydrogens (tertiary/aromatic N) is 3. The number of hydrogen-bond acceptors (Lipinski definition) is 4. The summed E-state index contributed by atoms with van der Waals surface area (Å²) in [5.41, 5.74) is 1.88. The second-order valence-electron chi connectivity index (χ2n) is 8.42. The number of carbonyl (C=O) groups is 2. The highest BCUT2D eigenvalue weighted by Crippen LogP contribution is 2.28. The van der Waals surface area contributed by atoms with E-state index in [0.717, 1.165) is 25.1 Å². The van der Waals surface area contributed by atoms with Gasteiger partial charge in [-0.2, -0.15) is 5.10 Å². The highest BCUT2D eigenvalue weighted by atomic mass is 16.3. The van der Waals surface area contributed by atoms with E-state index in [4.69, 9.17) is 4.42 Å². The van der Waals surface area contributed by atoms with Gasteiger partial charge in [-0.3, -0.25) is 9.59 Å². The zero-order valence-corrected chi connectivity index (χ0v) is 17.4. The second-order valence-corrected chi connectivity index (χ2v) is 8.42. The minimum atomic E-state index is -0.158. The van der Waals surface area contributed by atoms with Gasteiger partial charge in [0.15, 0.2) is 5.76 Å². The van der Waals surface area contributed by atoms with Crippen LogP contribution in [0.25, 0.3) is 17.1 Å². The first kappa shape index (κ1) is 19.6. The summed E-state index contributed by atoms with van der Waals surface area (Å²) in [5, 5.41) is 7.71. The third kappa shape index (κ3) is 4.26. The molecule has 3 heterocycles. The molecule has 7 heteroatoms. The Hall–Kier alpha value is -3.35. The molecule has 1 N–H and O–H groups in total. The van der Waals surface area contributed by atoms with Crippen molar-refractivity contribution >= 4 is 11.8 Å². The SMILES string of the molecule is O=C(NCC1CC1)C1CCCN(C(=O)c2cc(-c3ccco3)nn2-c2ccccc2)C1. The molecule has 0 spiro atoms. The van der Waals surface area contributed by atoms with Crippen LogP contribution in [0.1, 0.15) is 36.2 Å². The lowest BCUT2D eigenvalue weighted by molar-refractivity contribution is -0.126. The number of nitrogens with one attached hydrogen (secondary N) is 1. The molecule has 2 fully saturated rings. The molecule has 1 aliphatic carbocycles. The Morgan fingerprint density at radius 3 is 2.68 bits per heavy atom. The third-order valence-corrected chi connectivity index (χ3v) is 6.04. The van der Waals surface area contributed by atoms with E-state index in [1.54, 1.807) is 28.0 Å². The minimum absolute atomic E-state index is 0.0669. The van der Waals surface area contributed by atoms with Crippen molar-refractivity contribution in [1.82, 2.24) is 20.0 Å². The average molecular weight is 418 g/mol. The van der Waals surface area contributed by atoms with Gasteiger partial charge in [0.25, 0.3) is 5.91 Å². The number of furan rings is 1. The van der Waals surface area contributed by atoms with Crippen molar-refractivity contribution in [2.45, 2.75) is 25.7 Å². The largest absolute Gasteiger partial charge is 0.463 e. The Labute approximate surface area is 181 Å². The van der Waals surface area contributed by atoms with E-state index in [1.165, 1.54) is 12.8 Å². The summed E-state index contributed by atoms with van der Waals surface area (Å²) >= 11 is 0. The van der Waals surface area contributed by atoms with Crippen LogP contribution in [0.5, 0.6) is 0 Å². The molecule has 0 radical (unpaired) electrons. The Kier molecular flexibility index (Phi) is 5.32. The van der Waals surface area contributed by atoms with Gasteiger partial charge in [-0.1, -0.05) is 18.2 Å². The lowest BCUT2D eigenvalue weighted by Crippen LogP contribution is -2.46. The van der Waals surface area contributed by atoms with Gasteiger partial charge in [-0.15, -0.1) is 0 Å². The van der Waals surface area contributed by atoms with Crippen LogP contribution in [0, 0.1) is 11.8 Å². The fraction of sp³-hybridized carbons (Fsp3) is 0.375. The molecule has 31 heavy (non-hydrogen) atoms. The Morgan fingerprint density at radius 1 is 1.10 bits per heavy atom. The van der Waals surface area contributed by atoms with Crippen molar-refractivity contribution < 1.29 is 14.0 Å². The molecule has 1 atom stereocenters. The maximum Gasteiger partial charge on any atom is 0.272 e. The highest BCUT2D eigenvalue weighted by Gasteiger charge is 2.32. The number of aromatic nitrogens is 2. The van der Waals surface area contributed by atoms with Crippen LogP contribution >= 0.6 is 0 Å². The number of benzene rings is 1. The molecule has 1 saturated carbocycles. The van der Waals surface area contributed by atoms with E-state index in [2.05, 4.69) is 10.4 Å². The van der Waals surface area contributed by atoms with E-state index in [9.17, 15) is 9.59 Å². The molecule has 1 saturated heterocycles. The van der Waals surface area contributed by atoms with Crippen LogP contribution in [-0.2, 0) is 4.79 Å². The van der Waals surface area contributed by atoms with Gasteiger partial charge < -0.3 is 14.6 Å². The first-order valence-corrected chi connectivity index (χ1v) is 11.0. The van der Waals surface area contributed by atoms with Crippen molar-refractivity contribution in [2.75, 3.05) is 19.6 Å². The third-order valence-electron chi connectivity index (χ3n) is 6.04. The molecule has 2 aliphatic rings. The van der Waals surface area contributed by atoms with Gasteiger partial charge in [0.1, 0.15) is 11.4 Å². The van der Waals surface area contributed by atoms with Crippen molar-refractivity contribution in [3.8, 4) is 17.1 Å². The monoisotopic (exact) mass is 418 g/mol. The Morgan fingerprint density at radius 2 is 1.94 bits per heavy atom. The normalized spacial score (nSPS) is 18.7. The molecule has 2 amide bonds. The zero-order chi connectivity index (χ0) is 21.2. The van der Waals surface area contributed by atoms with Gasteiger partial charge in [0, 0.05) is 25.7 Å². The van der Waals surface area contributed by atoms with Crippen LogP contribution in [0.4, 0.5) is 0 Å². The molecule has 0 bridgehead atoms. The summed E-state index contributed by atoms with van der Waals surface area (Å²) in [6.45, 7) is 1.84. The molecule has 3 aromatic rings. The smallest absolute Gasteiger partial charge is 0.272 e. The molecule has 1 aliphatic heterocycles. The topological polar surface area (TPSA) is 80.4 Å². The molecule has 2 aromatic heterocycles. The maximum atomic E-state index is 13.5. The Bertz CT molecular complexity index is 1050. The summed E-state index contributed by atoms with van der Waals surface area (Å²) in [5.74, 6) is 1.05. The van der Waals surface area contributed by atoms with E-state index in [0.29, 0.717) is 36.2 Å². The van der Waals surface area contributed by atoms with Gasteiger partial charge in [0.05, 0.1) is 17.9 Å². The van der Waals surface area contributed by atoms with Gasteiger partial charge in [-0.25, -0.2) is 4.68 Å². The van der Waals surface area contributed by atoms with Crippen LogP contribution in [0.2, 0.25) is 0 Å². The molecular weight excluding hydrogens is 392 g/mol. The number of carbonyl (C=O) groups excluding carboxylic acids is 2. The lowest BCUT2D eigenvalue weighted by atomic mass is 9.96. The zero-order valence-electron chi connectivity index (χ0n) is 17.4. The first-order chi connectivity index (χ1) is 15.2. The number of piperidine rings is 1. The van der Waals surface area contributed by atoms with Gasteiger partial charge in [-0.05, 0) is 55.9 Å². The highest BCUT2D eigenvalue weighted by molar-refractivity contribution is 5.94. The summed E-state index contributed by atoms with van der Waals surface area (Å²) in [6.07, 6.45) is 5.63. The van der Waals surface area contributed by atoms with Gasteiger partial charge in [0.2, 0.25) is 5.91 Å². The molecule has 160 valence electrons. The van der Waals surface area contributed by atoms with Crippen LogP contribution in [-0.4, -0.2) is 46.1 Å². The average Bonchev–Trinajstić information content (AvgIpc) is 3.29. The predicted molar refractivity (Wildman–Crippen MR) is 116 cm³/mol. The van der Waals surface area contributed by atoms with E-state index >= 15 is 0 Å². The number of amides is 2. The van der Waals surface area contributed by atoms with Crippen LogP contribution in [0.3, 0.4) is 0 Å². The van der Waals surface area contributed by atoms with Crippen molar-refractivity contribution in [3.63, 3.8) is 0 Å². The number of hydrogen-bond donors (Lipinski definition) is 1. The second kappa shape index (κ2) is 8.41. The molecular formula is C24H26N4O3. The minimum Gasteiger partial charge on any atom is -0.463 e. The Balaban J connectivity index is 1.39. The first-order valence-electron chi connectivity index (χ1n) is 11.0. The molecule has 1 aromatic carbocycles. The van der Waals surface area contributed by atoms with E-state index < -0.39 is 0 Å². The van der Waals surface area contributed by atoms with Crippen molar-refractivity contribution in [2.24, 2.45) is 11.8 Å². The van der Waals surface area contributed by atoms with Gasteiger partial charge >= 0.3 is 0 Å². The summed E-state index contributed by atoms with van der Waals surface area (Å²) in [4.78, 5) is 27.9. The number of likely N-dealkylation sites (tertiary alicyclic amines) is 1. The van der Waals surface area contributed by atoms with Crippen molar-refractivity contribution in [1.29, 1.82) is 0 Å². The molecule has 1 unspecified atom stereocenters. The fourth-order valence-corrected chi connectivity index (χ4v) is 4.09. The van der Waals surface area contributed by atoms with E-state index in [1.807, 2.05) is 36.4 Å². The quantitative estimate of drug-likeness (QED) is 0.664. The summed E-state index contributed by atoms with van der Waals surface area (Å²) in [6, 6.07) is 15.0.